The molecule has 0 spiro atoms. The molecule has 15 rings (SSSR count). The van der Waals surface area contributed by atoms with Gasteiger partial charge in [0.2, 0.25) is 0 Å². The summed E-state index contributed by atoms with van der Waals surface area (Å²) in [5, 5.41) is 11.3. The predicted molar refractivity (Wildman–Crippen MR) is 316 cm³/mol. The Balaban J connectivity index is 1.17. The van der Waals surface area contributed by atoms with Crippen LogP contribution in [0, 0.1) is 0 Å². The standard InChI is InChI=1S/C70H53BN2O/c1-69(2,3)45-32-35-47(36-33-45)72-59-38-44(62-48(42-20-9-7-10-21-42)29-19-30-49(62)43-22-11-8-12-23-43)39-60-65(59)71(68-66(72)56-40-46(70(4,5)6)34-37-61(56)74-68)57-41-55-52-26-14-13-24-50(52)51-25-15-16-27-53(51)63(55)64-54-28-17-18-31-58(54)73(60)67(57)64/h7-41H,1-6H3. The first-order chi connectivity index (χ1) is 36.0. The van der Waals surface area contributed by atoms with E-state index in [0.717, 1.165) is 39.3 Å². The zero-order chi connectivity index (χ0) is 49.8. The van der Waals surface area contributed by atoms with E-state index in [2.05, 4.69) is 263 Å². The molecule has 0 fully saturated rings. The first-order valence-corrected chi connectivity index (χ1v) is 26.2. The molecule has 0 atom stereocenters. The molecule has 13 aromatic rings. The van der Waals surface area contributed by atoms with Crippen LogP contribution >= 0.6 is 0 Å². The summed E-state index contributed by atoms with van der Waals surface area (Å²) in [6, 6.07) is 79.8. The molecule has 4 heteroatoms. The second-order valence-corrected chi connectivity index (χ2v) is 22.8. The molecule has 3 nitrogen and oxygen atoms in total. The summed E-state index contributed by atoms with van der Waals surface area (Å²) in [6.07, 6.45) is 0. The summed E-state index contributed by atoms with van der Waals surface area (Å²) >= 11 is 0. The lowest BCUT2D eigenvalue weighted by atomic mass is 9.35. The Hall–Kier alpha value is -8.60. The van der Waals surface area contributed by atoms with Gasteiger partial charge in [-0.05, 0) is 136 Å². The fourth-order valence-electron chi connectivity index (χ4n) is 13.0. The van der Waals surface area contributed by atoms with Crippen molar-refractivity contribution >= 4 is 105 Å². The van der Waals surface area contributed by atoms with Crippen molar-refractivity contribution in [3.63, 3.8) is 0 Å². The monoisotopic (exact) mass is 948 g/mol. The van der Waals surface area contributed by atoms with Crippen molar-refractivity contribution in [2.24, 2.45) is 0 Å². The van der Waals surface area contributed by atoms with E-state index in [1.54, 1.807) is 0 Å². The summed E-state index contributed by atoms with van der Waals surface area (Å²) in [5.74, 6) is 0. The fraction of sp³-hybridized carbons (Fsp3) is 0.114. The molecular formula is C70H53BN2O. The van der Waals surface area contributed by atoms with Crippen LogP contribution in [0.25, 0.3) is 104 Å². The number of nitrogens with zero attached hydrogens (tertiary/aromatic N) is 2. The first kappa shape index (κ1) is 43.0. The van der Waals surface area contributed by atoms with Crippen molar-refractivity contribution in [1.29, 1.82) is 0 Å². The second kappa shape index (κ2) is 15.5. The van der Waals surface area contributed by atoms with Gasteiger partial charge in [0, 0.05) is 38.6 Å². The zero-order valence-corrected chi connectivity index (χ0v) is 42.6. The molecule has 352 valence electrons. The predicted octanol–water partition coefficient (Wildman–Crippen LogP) is 17.2. The Morgan fingerprint density at radius 2 is 0.973 bits per heavy atom. The van der Waals surface area contributed by atoms with E-state index in [1.807, 2.05) is 0 Å². The summed E-state index contributed by atoms with van der Waals surface area (Å²) in [5.41, 5.74) is 20.9. The number of para-hydroxylation sites is 1. The Kier molecular flexibility index (Phi) is 8.99. The highest BCUT2D eigenvalue weighted by Crippen LogP contribution is 2.51. The lowest BCUT2D eigenvalue weighted by Gasteiger charge is -2.39. The highest BCUT2D eigenvalue weighted by molar-refractivity contribution is 7.00. The van der Waals surface area contributed by atoms with E-state index in [9.17, 15) is 0 Å². The minimum atomic E-state index is -0.230. The van der Waals surface area contributed by atoms with E-state index in [1.165, 1.54) is 110 Å². The SMILES string of the molecule is CC(C)(C)c1ccc(N2c3cc(-c4c(-c5ccccc5)cccc4-c4ccccc4)cc4c3B(c3oc5ccc(C(C)(C)C)cc5c32)c2cc3c5ccccc5c5ccccc5c3c3c5ccccc5n-4c23)cc1. The van der Waals surface area contributed by atoms with Crippen molar-refractivity contribution in [3.8, 4) is 39.1 Å². The number of benzene rings is 11. The number of furan rings is 1. The molecule has 0 N–H and O–H groups in total. The molecule has 2 aromatic heterocycles. The molecular weight excluding hydrogens is 896 g/mol. The molecule has 0 radical (unpaired) electrons. The van der Waals surface area contributed by atoms with E-state index >= 15 is 0 Å². The van der Waals surface area contributed by atoms with Crippen LogP contribution in [0.1, 0.15) is 52.7 Å². The van der Waals surface area contributed by atoms with E-state index in [4.69, 9.17) is 4.42 Å². The van der Waals surface area contributed by atoms with Crippen molar-refractivity contribution < 1.29 is 4.42 Å². The Morgan fingerprint density at radius 1 is 0.419 bits per heavy atom. The molecule has 0 bridgehead atoms. The average Bonchev–Trinajstić information content (AvgIpc) is 4.17. The molecule has 0 saturated heterocycles. The third-order valence-electron chi connectivity index (χ3n) is 16.4. The van der Waals surface area contributed by atoms with Gasteiger partial charge in [0.05, 0.1) is 22.4 Å². The van der Waals surface area contributed by atoms with Crippen LogP contribution in [0.3, 0.4) is 0 Å². The maximum Gasteiger partial charge on any atom is 0.297 e. The van der Waals surface area contributed by atoms with Crippen molar-refractivity contribution in [3.05, 3.63) is 223 Å². The number of aromatic nitrogens is 1. The van der Waals surface area contributed by atoms with Gasteiger partial charge in [-0.15, -0.1) is 0 Å². The maximum atomic E-state index is 7.55. The van der Waals surface area contributed by atoms with Crippen molar-refractivity contribution in [1.82, 2.24) is 4.57 Å². The lowest BCUT2D eigenvalue weighted by Crippen LogP contribution is -2.60. The van der Waals surface area contributed by atoms with Gasteiger partial charge in [-0.3, -0.25) is 0 Å². The third-order valence-corrected chi connectivity index (χ3v) is 16.4. The summed E-state index contributed by atoms with van der Waals surface area (Å²) < 4.78 is 10.2. The fourth-order valence-corrected chi connectivity index (χ4v) is 13.0. The van der Waals surface area contributed by atoms with E-state index < -0.39 is 0 Å². The topological polar surface area (TPSA) is 21.3 Å². The van der Waals surface area contributed by atoms with Gasteiger partial charge in [0.15, 0.2) is 0 Å². The molecule has 2 aliphatic rings. The van der Waals surface area contributed by atoms with Crippen LogP contribution in [-0.2, 0) is 10.8 Å². The Bertz CT molecular complexity index is 4430. The molecule has 4 heterocycles. The van der Waals surface area contributed by atoms with Gasteiger partial charge in [0.25, 0.3) is 6.71 Å². The van der Waals surface area contributed by atoms with Crippen LogP contribution in [0.15, 0.2) is 217 Å². The van der Waals surface area contributed by atoms with E-state index in [-0.39, 0.29) is 17.5 Å². The number of hydrogen-bond acceptors (Lipinski definition) is 2. The third kappa shape index (κ3) is 6.09. The first-order valence-electron chi connectivity index (χ1n) is 26.2. The molecule has 0 amide bonds. The van der Waals surface area contributed by atoms with Crippen LogP contribution in [0.2, 0.25) is 0 Å². The summed E-state index contributed by atoms with van der Waals surface area (Å²) in [4.78, 5) is 2.56. The molecule has 0 aliphatic carbocycles. The van der Waals surface area contributed by atoms with Crippen LogP contribution < -0.4 is 21.5 Å². The minimum absolute atomic E-state index is 0.0163. The highest BCUT2D eigenvalue weighted by atomic mass is 16.3. The van der Waals surface area contributed by atoms with Crippen LogP contribution in [-0.4, -0.2) is 11.3 Å². The van der Waals surface area contributed by atoms with Gasteiger partial charge in [-0.25, -0.2) is 0 Å². The van der Waals surface area contributed by atoms with Gasteiger partial charge in [-0.1, -0.05) is 211 Å². The summed E-state index contributed by atoms with van der Waals surface area (Å²) in [6.45, 7) is 13.6. The van der Waals surface area contributed by atoms with Gasteiger partial charge < -0.3 is 13.9 Å². The second-order valence-electron chi connectivity index (χ2n) is 22.8. The number of anilines is 3. The largest absolute Gasteiger partial charge is 0.468 e. The summed E-state index contributed by atoms with van der Waals surface area (Å²) in [7, 11) is 0. The molecule has 11 aromatic carbocycles. The normalized spacial score (nSPS) is 13.2. The zero-order valence-electron chi connectivity index (χ0n) is 42.6. The van der Waals surface area contributed by atoms with Gasteiger partial charge >= 0.3 is 0 Å². The van der Waals surface area contributed by atoms with E-state index in [0.29, 0.717) is 0 Å². The molecule has 74 heavy (non-hydrogen) atoms. The number of rotatable bonds is 4. The van der Waals surface area contributed by atoms with Crippen LogP contribution in [0.4, 0.5) is 17.1 Å². The van der Waals surface area contributed by atoms with Gasteiger partial charge in [0.1, 0.15) is 5.58 Å². The highest BCUT2D eigenvalue weighted by Gasteiger charge is 2.47. The smallest absolute Gasteiger partial charge is 0.297 e. The number of fused-ring (bicyclic) bond motifs is 16. The van der Waals surface area contributed by atoms with Crippen LogP contribution in [0.5, 0.6) is 0 Å². The number of hydrogen-bond donors (Lipinski definition) is 0. The molecule has 2 aliphatic heterocycles. The molecule has 0 unspecified atom stereocenters. The Labute approximate surface area is 432 Å². The van der Waals surface area contributed by atoms with Gasteiger partial charge in [-0.2, -0.15) is 0 Å². The quantitative estimate of drug-likeness (QED) is 0.129. The molecule has 0 saturated carbocycles. The lowest BCUT2D eigenvalue weighted by molar-refractivity contribution is 0.590. The maximum absolute atomic E-state index is 7.55. The van der Waals surface area contributed by atoms with Crippen molar-refractivity contribution in [2.45, 2.75) is 52.4 Å². The average molecular weight is 949 g/mol. The Morgan fingerprint density at radius 3 is 1.62 bits per heavy atom. The minimum Gasteiger partial charge on any atom is -0.468 e. The van der Waals surface area contributed by atoms with Crippen molar-refractivity contribution in [2.75, 3.05) is 4.90 Å².